The molecule has 2 saturated heterocycles. The van der Waals surface area contributed by atoms with Crippen molar-refractivity contribution in [2.24, 2.45) is 10.9 Å². The summed E-state index contributed by atoms with van der Waals surface area (Å²) in [6.07, 6.45) is 7.35. The van der Waals surface area contributed by atoms with Gasteiger partial charge in [-0.2, -0.15) is 0 Å². The van der Waals surface area contributed by atoms with Gasteiger partial charge in [-0.3, -0.25) is 4.99 Å². The predicted octanol–water partition coefficient (Wildman–Crippen LogP) is 2.48. The molecule has 6 nitrogen and oxygen atoms in total. The van der Waals surface area contributed by atoms with Gasteiger partial charge in [0.1, 0.15) is 0 Å². The first-order chi connectivity index (χ1) is 12.4. The first-order valence-electron chi connectivity index (χ1n) is 10.3. The Kier molecular flexibility index (Phi) is 14.6. The number of ether oxygens (including phenoxy) is 2. The van der Waals surface area contributed by atoms with Gasteiger partial charge in [-0.1, -0.05) is 0 Å². The highest BCUT2D eigenvalue weighted by molar-refractivity contribution is 14.0. The third-order valence-corrected chi connectivity index (χ3v) is 4.83. The van der Waals surface area contributed by atoms with Gasteiger partial charge in [0.25, 0.3) is 0 Å². The van der Waals surface area contributed by atoms with Gasteiger partial charge in [0, 0.05) is 38.8 Å². The summed E-state index contributed by atoms with van der Waals surface area (Å²) < 4.78 is 11.1. The Labute approximate surface area is 176 Å². The van der Waals surface area contributed by atoms with Crippen LogP contribution in [-0.4, -0.2) is 76.6 Å². The van der Waals surface area contributed by atoms with E-state index in [1.807, 2.05) is 0 Å². The molecule has 2 fully saturated rings. The smallest absolute Gasteiger partial charge is 0.191 e. The van der Waals surface area contributed by atoms with Crippen molar-refractivity contribution in [2.45, 2.75) is 45.4 Å². The molecule has 2 aliphatic rings. The minimum Gasteiger partial charge on any atom is -0.381 e. The van der Waals surface area contributed by atoms with Gasteiger partial charge >= 0.3 is 0 Å². The maximum atomic E-state index is 5.73. The molecule has 26 heavy (non-hydrogen) atoms. The van der Waals surface area contributed by atoms with Crippen molar-refractivity contribution < 1.29 is 9.47 Å². The van der Waals surface area contributed by atoms with E-state index in [2.05, 4.69) is 27.4 Å². The molecule has 0 aromatic rings. The van der Waals surface area contributed by atoms with Gasteiger partial charge in [0.2, 0.25) is 0 Å². The molecule has 2 heterocycles. The number of nitrogens with one attached hydrogen (secondary N) is 2. The summed E-state index contributed by atoms with van der Waals surface area (Å²) in [6, 6.07) is 0. The molecule has 154 valence electrons. The Balaban J connectivity index is 0.00000338. The minimum absolute atomic E-state index is 0. The van der Waals surface area contributed by atoms with Crippen LogP contribution in [-0.2, 0) is 9.47 Å². The maximum absolute atomic E-state index is 5.73. The summed E-state index contributed by atoms with van der Waals surface area (Å²) in [6.45, 7) is 12.0. The molecule has 2 rings (SSSR count). The minimum atomic E-state index is 0. The van der Waals surface area contributed by atoms with Crippen LogP contribution in [0.4, 0.5) is 0 Å². The number of likely N-dealkylation sites (tertiary alicyclic amines) is 1. The van der Waals surface area contributed by atoms with Crippen LogP contribution in [0, 0.1) is 5.92 Å². The lowest BCUT2D eigenvalue weighted by atomic mass is 10.1. The Morgan fingerprint density at radius 2 is 2.04 bits per heavy atom. The van der Waals surface area contributed by atoms with Crippen molar-refractivity contribution in [1.29, 1.82) is 0 Å². The Hall–Kier alpha value is -0.120. The first kappa shape index (κ1) is 23.9. The van der Waals surface area contributed by atoms with Crippen molar-refractivity contribution in [3.8, 4) is 0 Å². The lowest BCUT2D eigenvalue weighted by molar-refractivity contribution is 0.0893. The molecular weight excluding hydrogens is 443 g/mol. The molecule has 0 bridgehead atoms. The lowest BCUT2D eigenvalue weighted by Crippen LogP contribution is -2.38. The van der Waals surface area contributed by atoms with Crippen molar-refractivity contribution >= 4 is 29.9 Å². The fourth-order valence-electron chi connectivity index (χ4n) is 3.34. The van der Waals surface area contributed by atoms with E-state index >= 15 is 0 Å². The molecule has 2 aliphatic heterocycles. The highest BCUT2D eigenvalue weighted by atomic mass is 127. The summed E-state index contributed by atoms with van der Waals surface area (Å²) in [7, 11) is 0. The average Bonchev–Trinajstić information content (AvgIpc) is 3.31. The van der Waals surface area contributed by atoms with Crippen LogP contribution in [0.15, 0.2) is 4.99 Å². The van der Waals surface area contributed by atoms with Crippen molar-refractivity contribution in [2.75, 3.05) is 65.7 Å². The predicted molar refractivity (Wildman–Crippen MR) is 119 cm³/mol. The second kappa shape index (κ2) is 15.9. The fraction of sp³-hybridized carbons (Fsp3) is 0.947. The van der Waals surface area contributed by atoms with Crippen LogP contribution in [0.1, 0.15) is 45.4 Å². The van der Waals surface area contributed by atoms with Gasteiger partial charge in [0.15, 0.2) is 5.96 Å². The molecule has 7 heteroatoms. The molecule has 1 atom stereocenters. The summed E-state index contributed by atoms with van der Waals surface area (Å²) in [4.78, 5) is 7.22. The van der Waals surface area contributed by atoms with E-state index in [0.29, 0.717) is 5.92 Å². The van der Waals surface area contributed by atoms with E-state index in [0.717, 1.165) is 64.9 Å². The van der Waals surface area contributed by atoms with E-state index in [-0.39, 0.29) is 24.0 Å². The van der Waals surface area contributed by atoms with Crippen LogP contribution < -0.4 is 10.6 Å². The number of rotatable bonds is 12. The topological polar surface area (TPSA) is 58.1 Å². The number of guanidine groups is 1. The van der Waals surface area contributed by atoms with Gasteiger partial charge in [-0.05, 0) is 65.1 Å². The highest BCUT2D eigenvalue weighted by Crippen LogP contribution is 2.12. The Morgan fingerprint density at radius 1 is 1.19 bits per heavy atom. The quantitative estimate of drug-likeness (QED) is 0.194. The van der Waals surface area contributed by atoms with Gasteiger partial charge in [0.05, 0.1) is 13.2 Å². The third kappa shape index (κ3) is 10.9. The zero-order chi connectivity index (χ0) is 17.6. The number of hydrogen-bond donors (Lipinski definition) is 2. The lowest BCUT2D eigenvalue weighted by Gasteiger charge is -2.15. The molecule has 0 saturated carbocycles. The summed E-state index contributed by atoms with van der Waals surface area (Å²) in [5, 5.41) is 6.77. The molecule has 0 spiro atoms. The first-order valence-corrected chi connectivity index (χ1v) is 10.3. The van der Waals surface area contributed by atoms with Crippen LogP contribution in [0.2, 0.25) is 0 Å². The summed E-state index contributed by atoms with van der Waals surface area (Å²) in [5.41, 5.74) is 0. The molecule has 0 aliphatic carbocycles. The van der Waals surface area contributed by atoms with E-state index in [4.69, 9.17) is 9.47 Å². The van der Waals surface area contributed by atoms with Crippen LogP contribution in [0.3, 0.4) is 0 Å². The number of aliphatic imine (C=N–C) groups is 1. The van der Waals surface area contributed by atoms with Crippen LogP contribution >= 0.6 is 24.0 Å². The van der Waals surface area contributed by atoms with Crippen molar-refractivity contribution in [3.63, 3.8) is 0 Å². The molecule has 0 aromatic heterocycles. The Morgan fingerprint density at radius 3 is 2.77 bits per heavy atom. The number of halogens is 1. The van der Waals surface area contributed by atoms with Crippen LogP contribution in [0.5, 0.6) is 0 Å². The number of hydrogen-bond acceptors (Lipinski definition) is 4. The van der Waals surface area contributed by atoms with Gasteiger partial charge < -0.3 is 25.0 Å². The zero-order valence-corrected chi connectivity index (χ0v) is 18.8. The second-order valence-electron chi connectivity index (χ2n) is 7.10. The molecule has 0 radical (unpaired) electrons. The molecule has 2 N–H and O–H groups in total. The van der Waals surface area contributed by atoms with E-state index in [1.165, 1.54) is 45.3 Å². The maximum Gasteiger partial charge on any atom is 0.191 e. The average molecular weight is 482 g/mol. The standard InChI is InChI=1S/C19H38N4O2.HI/c1-2-20-19(21-9-3-4-11-23-12-5-6-13-23)22-10-7-14-24-16-18-8-15-25-17-18;/h18H,2-17H2,1H3,(H2,20,21,22);1H. The van der Waals surface area contributed by atoms with Crippen LogP contribution in [0.25, 0.3) is 0 Å². The molecule has 0 amide bonds. The van der Waals surface area contributed by atoms with E-state index in [9.17, 15) is 0 Å². The second-order valence-corrected chi connectivity index (χ2v) is 7.10. The zero-order valence-electron chi connectivity index (χ0n) is 16.5. The van der Waals surface area contributed by atoms with Crippen molar-refractivity contribution in [3.05, 3.63) is 0 Å². The molecule has 1 unspecified atom stereocenters. The molecule has 0 aromatic carbocycles. The largest absolute Gasteiger partial charge is 0.381 e. The Bertz CT molecular complexity index is 359. The SMILES string of the molecule is CCNC(=NCCCOCC1CCOC1)NCCCCN1CCCC1.I. The normalized spacial score (nSPS) is 21.0. The molecular formula is C19H39IN4O2. The third-order valence-electron chi connectivity index (χ3n) is 4.83. The monoisotopic (exact) mass is 482 g/mol. The van der Waals surface area contributed by atoms with Gasteiger partial charge in [-0.25, -0.2) is 0 Å². The van der Waals surface area contributed by atoms with E-state index < -0.39 is 0 Å². The number of unbranched alkanes of at least 4 members (excludes halogenated alkanes) is 1. The number of nitrogens with zero attached hydrogens (tertiary/aromatic N) is 2. The summed E-state index contributed by atoms with van der Waals surface area (Å²) in [5.74, 6) is 1.54. The van der Waals surface area contributed by atoms with Gasteiger partial charge in [-0.15, -0.1) is 24.0 Å². The van der Waals surface area contributed by atoms with E-state index in [1.54, 1.807) is 0 Å². The highest BCUT2D eigenvalue weighted by Gasteiger charge is 2.15. The summed E-state index contributed by atoms with van der Waals surface area (Å²) >= 11 is 0. The van der Waals surface area contributed by atoms with Crippen molar-refractivity contribution in [1.82, 2.24) is 15.5 Å². The fourth-order valence-corrected chi connectivity index (χ4v) is 3.34.